The third-order valence-corrected chi connectivity index (χ3v) is 4.84. The van der Waals surface area contributed by atoms with Crippen molar-refractivity contribution >= 4 is 16.9 Å². The lowest BCUT2D eigenvalue weighted by Crippen LogP contribution is -2.36. The minimum Gasteiger partial charge on any atom is -0.366 e. The van der Waals surface area contributed by atoms with Crippen LogP contribution in [0.15, 0.2) is 18.2 Å². The van der Waals surface area contributed by atoms with Crippen LogP contribution < -0.4 is 11.5 Å². The first-order valence-corrected chi connectivity index (χ1v) is 8.87. The second-order valence-electron chi connectivity index (χ2n) is 6.59. The van der Waals surface area contributed by atoms with Gasteiger partial charge in [-0.25, -0.2) is 4.98 Å². The molecule has 3 rings (SSSR count). The van der Waals surface area contributed by atoms with Gasteiger partial charge in [-0.2, -0.15) is 0 Å². The lowest BCUT2D eigenvalue weighted by Gasteiger charge is -2.32. The zero-order chi connectivity index (χ0) is 17.1. The van der Waals surface area contributed by atoms with Crippen LogP contribution in [-0.4, -0.2) is 46.5 Å². The summed E-state index contributed by atoms with van der Waals surface area (Å²) >= 11 is 0. The molecule has 2 aromatic rings. The SMILES string of the molecule is CCCN1CCCC(c2nc3c(C(N)=O)cccc3n2CCN)C1. The number of aromatic nitrogens is 2. The molecule has 6 nitrogen and oxygen atoms in total. The fourth-order valence-electron chi connectivity index (χ4n) is 3.83. The number of benzene rings is 1. The molecule has 1 aromatic heterocycles. The maximum atomic E-state index is 11.7. The van der Waals surface area contributed by atoms with Gasteiger partial charge in [-0.05, 0) is 44.5 Å². The second-order valence-corrected chi connectivity index (χ2v) is 6.59. The number of nitrogens with zero attached hydrogens (tertiary/aromatic N) is 3. The second kappa shape index (κ2) is 7.32. The van der Waals surface area contributed by atoms with Gasteiger partial charge in [-0.15, -0.1) is 0 Å². The van der Waals surface area contributed by atoms with Crippen molar-refractivity contribution in [3.63, 3.8) is 0 Å². The van der Waals surface area contributed by atoms with Gasteiger partial charge in [-0.1, -0.05) is 13.0 Å². The Morgan fingerprint density at radius 3 is 2.92 bits per heavy atom. The molecular formula is C18H27N5O. The van der Waals surface area contributed by atoms with Crippen LogP contribution in [-0.2, 0) is 6.54 Å². The van der Waals surface area contributed by atoms with Crippen LogP contribution >= 0.6 is 0 Å². The normalized spacial score (nSPS) is 19.0. The number of carbonyl (C=O) groups excluding carboxylic acids is 1. The Morgan fingerprint density at radius 1 is 1.38 bits per heavy atom. The third-order valence-electron chi connectivity index (χ3n) is 4.84. The quantitative estimate of drug-likeness (QED) is 0.844. The predicted molar refractivity (Wildman–Crippen MR) is 96.0 cm³/mol. The highest BCUT2D eigenvalue weighted by atomic mass is 16.1. The standard InChI is InChI=1S/C18H27N5O/c1-2-9-22-10-4-5-13(12-22)18-21-16-14(17(20)24)6-3-7-15(16)23(18)11-8-19/h3,6-7,13H,2,4-5,8-12,19H2,1H3,(H2,20,24). The van der Waals surface area contributed by atoms with Crippen molar-refractivity contribution in [3.8, 4) is 0 Å². The number of carbonyl (C=O) groups is 1. The van der Waals surface area contributed by atoms with Crippen molar-refractivity contribution in [3.05, 3.63) is 29.6 Å². The van der Waals surface area contributed by atoms with E-state index >= 15 is 0 Å². The summed E-state index contributed by atoms with van der Waals surface area (Å²) in [4.78, 5) is 19.1. The zero-order valence-electron chi connectivity index (χ0n) is 14.4. The molecule has 1 aliphatic heterocycles. The van der Waals surface area contributed by atoms with Gasteiger partial charge in [0.05, 0.1) is 11.1 Å². The van der Waals surface area contributed by atoms with E-state index in [1.54, 1.807) is 6.07 Å². The van der Waals surface area contributed by atoms with E-state index in [1.165, 1.54) is 6.42 Å². The van der Waals surface area contributed by atoms with Gasteiger partial charge in [0, 0.05) is 25.6 Å². The molecule has 1 amide bonds. The number of para-hydroxylation sites is 1. The van der Waals surface area contributed by atoms with Crippen LogP contribution in [0.4, 0.5) is 0 Å². The smallest absolute Gasteiger partial charge is 0.250 e. The summed E-state index contributed by atoms with van der Waals surface area (Å²) in [6.07, 6.45) is 3.47. The van der Waals surface area contributed by atoms with Crippen molar-refractivity contribution in [2.24, 2.45) is 11.5 Å². The van der Waals surface area contributed by atoms with E-state index in [1.807, 2.05) is 12.1 Å². The molecule has 0 radical (unpaired) electrons. The van der Waals surface area contributed by atoms with Crippen molar-refractivity contribution in [1.29, 1.82) is 0 Å². The highest BCUT2D eigenvalue weighted by Gasteiger charge is 2.26. The number of nitrogens with two attached hydrogens (primary N) is 2. The molecule has 0 spiro atoms. The molecule has 1 aromatic carbocycles. The summed E-state index contributed by atoms with van der Waals surface area (Å²) < 4.78 is 2.18. The molecular weight excluding hydrogens is 302 g/mol. The molecule has 130 valence electrons. The van der Waals surface area contributed by atoms with Crippen LogP contribution in [0.25, 0.3) is 11.0 Å². The number of rotatable bonds is 6. The van der Waals surface area contributed by atoms with E-state index in [4.69, 9.17) is 16.5 Å². The summed E-state index contributed by atoms with van der Waals surface area (Å²) in [7, 11) is 0. The van der Waals surface area contributed by atoms with Crippen LogP contribution in [0.1, 0.15) is 48.3 Å². The van der Waals surface area contributed by atoms with Crippen molar-refractivity contribution in [1.82, 2.24) is 14.5 Å². The van der Waals surface area contributed by atoms with Crippen LogP contribution in [0, 0.1) is 0 Å². The summed E-state index contributed by atoms with van der Waals surface area (Å²) in [5.41, 5.74) is 13.5. The highest BCUT2D eigenvalue weighted by molar-refractivity contribution is 6.04. The maximum Gasteiger partial charge on any atom is 0.250 e. The molecule has 0 bridgehead atoms. The monoisotopic (exact) mass is 329 g/mol. The number of likely N-dealkylation sites (tertiary alicyclic amines) is 1. The van der Waals surface area contributed by atoms with Gasteiger partial charge in [0.1, 0.15) is 11.3 Å². The summed E-state index contributed by atoms with van der Waals surface area (Å²) in [5, 5.41) is 0. The maximum absolute atomic E-state index is 11.7. The molecule has 1 atom stereocenters. The Morgan fingerprint density at radius 2 is 2.21 bits per heavy atom. The molecule has 4 N–H and O–H groups in total. The largest absolute Gasteiger partial charge is 0.366 e. The fourth-order valence-corrected chi connectivity index (χ4v) is 3.83. The van der Waals surface area contributed by atoms with Gasteiger partial charge in [-0.3, -0.25) is 4.79 Å². The summed E-state index contributed by atoms with van der Waals surface area (Å²) in [6, 6.07) is 5.62. The number of hydrogen-bond acceptors (Lipinski definition) is 4. The van der Waals surface area contributed by atoms with Crippen LogP contribution in [0.2, 0.25) is 0 Å². The minimum absolute atomic E-state index is 0.380. The molecule has 6 heteroatoms. The average Bonchev–Trinajstić information content (AvgIpc) is 2.94. The minimum atomic E-state index is -0.430. The Balaban J connectivity index is 2.04. The van der Waals surface area contributed by atoms with E-state index in [-0.39, 0.29) is 0 Å². The van der Waals surface area contributed by atoms with Crippen molar-refractivity contribution < 1.29 is 4.79 Å². The lowest BCUT2D eigenvalue weighted by molar-refractivity contribution is 0.100. The first-order chi connectivity index (χ1) is 11.7. The fraction of sp³-hybridized carbons (Fsp3) is 0.556. The number of imidazole rings is 1. The van der Waals surface area contributed by atoms with Gasteiger partial charge < -0.3 is 20.9 Å². The zero-order valence-corrected chi connectivity index (χ0v) is 14.4. The molecule has 1 saturated heterocycles. The van der Waals surface area contributed by atoms with E-state index in [9.17, 15) is 4.79 Å². The van der Waals surface area contributed by atoms with Gasteiger partial charge in [0.15, 0.2) is 0 Å². The lowest BCUT2D eigenvalue weighted by atomic mass is 9.97. The Hall–Kier alpha value is -1.92. The molecule has 0 saturated carbocycles. The van der Waals surface area contributed by atoms with Crippen molar-refractivity contribution in [2.75, 3.05) is 26.2 Å². The molecule has 1 aliphatic rings. The molecule has 0 aliphatic carbocycles. The number of fused-ring (bicyclic) bond motifs is 1. The predicted octanol–water partition coefficient (Wildman–Crippen LogP) is 1.68. The van der Waals surface area contributed by atoms with Crippen LogP contribution in [0.3, 0.4) is 0 Å². The molecule has 1 unspecified atom stereocenters. The molecule has 2 heterocycles. The third kappa shape index (κ3) is 3.16. The topological polar surface area (TPSA) is 90.2 Å². The number of hydrogen-bond donors (Lipinski definition) is 2. The summed E-state index contributed by atoms with van der Waals surface area (Å²) in [6.45, 7) is 6.77. The van der Waals surface area contributed by atoms with E-state index < -0.39 is 5.91 Å². The Bertz CT molecular complexity index is 722. The van der Waals surface area contributed by atoms with Gasteiger partial charge in [0.25, 0.3) is 5.91 Å². The van der Waals surface area contributed by atoms with Gasteiger partial charge in [0.2, 0.25) is 0 Å². The van der Waals surface area contributed by atoms with E-state index in [0.717, 1.165) is 43.8 Å². The Kier molecular flexibility index (Phi) is 5.16. The first kappa shape index (κ1) is 16.9. The van der Waals surface area contributed by atoms with Crippen molar-refractivity contribution in [2.45, 2.75) is 38.6 Å². The van der Waals surface area contributed by atoms with E-state index in [2.05, 4.69) is 16.4 Å². The van der Waals surface area contributed by atoms with Gasteiger partial charge >= 0.3 is 0 Å². The molecule has 1 fully saturated rings. The van der Waals surface area contributed by atoms with Crippen LogP contribution in [0.5, 0.6) is 0 Å². The Labute approximate surface area is 142 Å². The summed E-state index contributed by atoms with van der Waals surface area (Å²) in [5.74, 6) is 0.996. The highest BCUT2D eigenvalue weighted by Crippen LogP contribution is 2.30. The molecule has 24 heavy (non-hydrogen) atoms. The van der Waals surface area contributed by atoms with E-state index in [0.29, 0.717) is 30.1 Å². The first-order valence-electron chi connectivity index (χ1n) is 8.87. The number of piperidine rings is 1. The number of primary amides is 1. The average molecular weight is 329 g/mol. The number of amides is 1.